The topological polar surface area (TPSA) is 62.3 Å². The number of hydrogen-bond donors (Lipinski definition) is 0. The number of benzene rings is 1. The van der Waals surface area contributed by atoms with Gasteiger partial charge in [-0.3, -0.25) is 9.59 Å². The second-order valence-corrected chi connectivity index (χ2v) is 7.31. The van der Waals surface area contributed by atoms with Crippen LogP contribution in [-0.2, 0) is 16.0 Å². The summed E-state index contributed by atoms with van der Waals surface area (Å²) >= 11 is 0. The quantitative estimate of drug-likeness (QED) is 0.738. The van der Waals surface area contributed by atoms with Crippen LogP contribution in [0.5, 0.6) is 11.5 Å². The average molecular weight is 375 g/mol. The van der Waals surface area contributed by atoms with Gasteiger partial charge in [-0.05, 0) is 31.2 Å². The Bertz CT molecular complexity index is 686. The monoisotopic (exact) mass is 375 g/mol. The molecule has 3 rings (SSSR count). The van der Waals surface area contributed by atoms with Crippen molar-refractivity contribution in [2.45, 2.75) is 12.8 Å². The number of piperazine rings is 1. The normalized spacial score (nSPS) is 20.9. The van der Waals surface area contributed by atoms with E-state index in [4.69, 9.17) is 9.47 Å². The maximum Gasteiger partial charge on any atom is 0.228 e. The summed E-state index contributed by atoms with van der Waals surface area (Å²) in [6.07, 6.45) is 1.05. The fourth-order valence-electron chi connectivity index (χ4n) is 3.74. The van der Waals surface area contributed by atoms with Crippen molar-refractivity contribution < 1.29 is 19.1 Å². The second kappa shape index (κ2) is 8.61. The van der Waals surface area contributed by atoms with Crippen LogP contribution in [0.25, 0.3) is 0 Å². The van der Waals surface area contributed by atoms with Crippen molar-refractivity contribution in [3.63, 3.8) is 0 Å². The SMILES string of the molecule is COc1ccc(CCN2C[C@@H](C(=O)N3CCN(C)CC3)CC2=O)cc1OC. The number of likely N-dealkylation sites (N-methyl/N-ethyl adjacent to an activating group) is 1. The Morgan fingerprint density at radius 2 is 1.81 bits per heavy atom. The van der Waals surface area contributed by atoms with Gasteiger partial charge >= 0.3 is 0 Å². The third-order valence-corrected chi connectivity index (χ3v) is 5.50. The average Bonchev–Trinajstić information content (AvgIpc) is 3.06. The lowest BCUT2D eigenvalue weighted by molar-refractivity contribution is -0.137. The first kappa shape index (κ1) is 19.5. The van der Waals surface area contributed by atoms with Gasteiger partial charge in [0.15, 0.2) is 11.5 Å². The van der Waals surface area contributed by atoms with Crippen LogP contribution in [0.15, 0.2) is 18.2 Å². The Morgan fingerprint density at radius 3 is 2.48 bits per heavy atom. The molecule has 1 atom stereocenters. The van der Waals surface area contributed by atoms with Gasteiger partial charge in [-0.2, -0.15) is 0 Å². The molecule has 7 nitrogen and oxygen atoms in total. The van der Waals surface area contributed by atoms with E-state index in [1.165, 1.54) is 0 Å². The van der Waals surface area contributed by atoms with Crippen LogP contribution < -0.4 is 9.47 Å². The van der Waals surface area contributed by atoms with Crippen LogP contribution in [-0.4, -0.2) is 87.0 Å². The van der Waals surface area contributed by atoms with E-state index in [1.807, 2.05) is 28.0 Å². The zero-order valence-electron chi connectivity index (χ0n) is 16.4. The molecule has 1 aromatic carbocycles. The molecule has 148 valence electrons. The Kier molecular flexibility index (Phi) is 6.21. The molecule has 2 fully saturated rings. The summed E-state index contributed by atoms with van der Waals surface area (Å²) in [5.41, 5.74) is 1.08. The zero-order valence-corrected chi connectivity index (χ0v) is 16.4. The van der Waals surface area contributed by atoms with Crippen LogP contribution >= 0.6 is 0 Å². The molecule has 2 aliphatic heterocycles. The van der Waals surface area contributed by atoms with Crippen molar-refractivity contribution in [2.75, 3.05) is 60.5 Å². The number of methoxy groups -OCH3 is 2. The molecule has 2 aliphatic rings. The minimum atomic E-state index is -0.202. The van der Waals surface area contributed by atoms with Gasteiger partial charge in [0.1, 0.15) is 0 Å². The fourth-order valence-corrected chi connectivity index (χ4v) is 3.74. The lowest BCUT2D eigenvalue weighted by Gasteiger charge is -2.33. The Labute approximate surface area is 160 Å². The van der Waals surface area contributed by atoms with Crippen molar-refractivity contribution in [3.05, 3.63) is 23.8 Å². The first-order valence-electron chi connectivity index (χ1n) is 9.48. The third kappa shape index (κ3) is 4.53. The highest BCUT2D eigenvalue weighted by Crippen LogP contribution is 2.28. The number of carbonyl (C=O) groups is 2. The van der Waals surface area contributed by atoms with Crippen LogP contribution in [0.3, 0.4) is 0 Å². The maximum absolute atomic E-state index is 12.7. The van der Waals surface area contributed by atoms with Gasteiger partial charge in [-0.15, -0.1) is 0 Å². The molecular formula is C20H29N3O4. The van der Waals surface area contributed by atoms with Crippen LogP contribution in [0.1, 0.15) is 12.0 Å². The molecule has 0 bridgehead atoms. The van der Waals surface area contributed by atoms with Gasteiger partial charge in [0.05, 0.1) is 20.1 Å². The molecule has 0 radical (unpaired) electrons. The summed E-state index contributed by atoms with van der Waals surface area (Å²) in [4.78, 5) is 31.0. The van der Waals surface area contributed by atoms with Gasteiger partial charge in [0.2, 0.25) is 11.8 Å². The number of ether oxygens (including phenoxy) is 2. The minimum Gasteiger partial charge on any atom is -0.493 e. The third-order valence-electron chi connectivity index (χ3n) is 5.50. The summed E-state index contributed by atoms with van der Waals surface area (Å²) < 4.78 is 10.6. The van der Waals surface area contributed by atoms with E-state index in [9.17, 15) is 9.59 Å². The molecule has 1 aromatic rings. The molecule has 0 saturated carbocycles. The van der Waals surface area contributed by atoms with E-state index >= 15 is 0 Å². The second-order valence-electron chi connectivity index (χ2n) is 7.31. The Balaban J connectivity index is 1.54. The molecule has 0 spiro atoms. The highest BCUT2D eigenvalue weighted by Gasteiger charge is 2.36. The Hall–Kier alpha value is -2.28. The van der Waals surface area contributed by atoms with Gasteiger partial charge in [0, 0.05) is 45.7 Å². The van der Waals surface area contributed by atoms with Gasteiger partial charge in [0.25, 0.3) is 0 Å². The highest BCUT2D eigenvalue weighted by molar-refractivity contribution is 5.89. The van der Waals surface area contributed by atoms with Crippen molar-refractivity contribution >= 4 is 11.8 Å². The van der Waals surface area contributed by atoms with E-state index in [-0.39, 0.29) is 17.7 Å². The molecule has 0 unspecified atom stereocenters. The van der Waals surface area contributed by atoms with Crippen molar-refractivity contribution in [2.24, 2.45) is 5.92 Å². The number of rotatable bonds is 6. The molecule has 2 amide bonds. The number of likely N-dealkylation sites (tertiary alicyclic amines) is 1. The summed E-state index contributed by atoms with van der Waals surface area (Å²) in [6, 6.07) is 5.79. The van der Waals surface area contributed by atoms with E-state index in [2.05, 4.69) is 11.9 Å². The lowest BCUT2D eigenvalue weighted by atomic mass is 10.1. The summed E-state index contributed by atoms with van der Waals surface area (Å²) in [7, 11) is 5.29. The predicted octanol–water partition coefficient (Wildman–Crippen LogP) is 0.869. The maximum atomic E-state index is 12.7. The van der Waals surface area contributed by atoms with Crippen molar-refractivity contribution in [1.29, 1.82) is 0 Å². The summed E-state index contributed by atoms with van der Waals surface area (Å²) in [5, 5.41) is 0. The first-order valence-corrected chi connectivity index (χ1v) is 9.48. The lowest BCUT2D eigenvalue weighted by Crippen LogP contribution is -2.49. The minimum absolute atomic E-state index is 0.0722. The predicted molar refractivity (Wildman–Crippen MR) is 102 cm³/mol. The molecule has 2 heterocycles. The van der Waals surface area contributed by atoms with E-state index in [1.54, 1.807) is 14.2 Å². The van der Waals surface area contributed by atoms with Crippen LogP contribution in [0.2, 0.25) is 0 Å². The molecule has 0 aromatic heterocycles. The number of amides is 2. The van der Waals surface area contributed by atoms with Crippen LogP contribution in [0.4, 0.5) is 0 Å². The van der Waals surface area contributed by atoms with Gasteiger partial charge < -0.3 is 24.2 Å². The fraction of sp³-hybridized carbons (Fsp3) is 0.600. The summed E-state index contributed by atoms with van der Waals surface area (Å²) in [5.74, 6) is 1.38. The van der Waals surface area contributed by atoms with E-state index in [0.29, 0.717) is 31.0 Å². The highest BCUT2D eigenvalue weighted by atomic mass is 16.5. The zero-order chi connectivity index (χ0) is 19.4. The van der Waals surface area contributed by atoms with E-state index in [0.717, 1.165) is 38.2 Å². The first-order chi connectivity index (χ1) is 13.0. The molecule has 2 saturated heterocycles. The number of nitrogens with zero attached hydrogens (tertiary/aromatic N) is 3. The molecule has 7 heteroatoms. The molecular weight excluding hydrogens is 346 g/mol. The molecule has 27 heavy (non-hydrogen) atoms. The number of carbonyl (C=O) groups excluding carboxylic acids is 2. The van der Waals surface area contributed by atoms with Crippen LogP contribution in [0, 0.1) is 5.92 Å². The number of hydrogen-bond acceptors (Lipinski definition) is 5. The van der Waals surface area contributed by atoms with Gasteiger partial charge in [-0.25, -0.2) is 0 Å². The molecule has 0 aliphatic carbocycles. The van der Waals surface area contributed by atoms with Crippen molar-refractivity contribution in [1.82, 2.24) is 14.7 Å². The largest absolute Gasteiger partial charge is 0.493 e. The van der Waals surface area contributed by atoms with Crippen molar-refractivity contribution in [3.8, 4) is 11.5 Å². The van der Waals surface area contributed by atoms with E-state index < -0.39 is 0 Å². The standard InChI is InChI=1S/C20H29N3O4/c1-21-8-10-22(11-9-21)20(25)16-13-19(24)23(14-16)7-6-15-4-5-17(26-2)18(12-15)27-3/h4-5,12,16H,6-11,13-14H2,1-3H3/t16-/m0/s1. The van der Waals surface area contributed by atoms with Gasteiger partial charge in [-0.1, -0.05) is 6.07 Å². The summed E-state index contributed by atoms with van der Waals surface area (Å²) in [6.45, 7) is 4.44. The smallest absolute Gasteiger partial charge is 0.228 e. The molecule has 0 N–H and O–H groups in total. The Morgan fingerprint density at radius 1 is 1.11 bits per heavy atom.